The van der Waals surface area contributed by atoms with Crippen LogP contribution in [0.4, 0.5) is 8.78 Å². The van der Waals surface area contributed by atoms with E-state index < -0.39 is 35.8 Å². The highest BCUT2D eigenvalue weighted by molar-refractivity contribution is 5.73. The number of hydrogen-bond acceptors (Lipinski definition) is 4. The van der Waals surface area contributed by atoms with Crippen molar-refractivity contribution in [3.05, 3.63) is 27.5 Å². The third kappa shape index (κ3) is 2.56. The van der Waals surface area contributed by atoms with Crippen molar-refractivity contribution in [2.24, 2.45) is 0 Å². The maximum atomic E-state index is 12.5. The molecule has 0 atom stereocenters. The number of alkyl halides is 2. The minimum Gasteiger partial charge on any atom is -0.494 e. The highest BCUT2D eigenvalue weighted by atomic mass is 19.3. The molecule has 0 unspecified atom stereocenters. The van der Waals surface area contributed by atoms with Crippen LogP contribution in [0.1, 0.15) is 17.6 Å². The molecular formula is C9H9F2NO4. The number of pyridine rings is 1. The number of methoxy groups -OCH3 is 1. The zero-order valence-corrected chi connectivity index (χ0v) is 8.29. The summed E-state index contributed by atoms with van der Waals surface area (Å²) >= 11 is 0. The van der Waals surface area contributed by atoms with Gasteiger partial charge in [-0.1, -0.05) is 0 Å². The fraction of sp³-hybridized carbons (Fsp3) is 0.333. The van der Waals surface area contributed by atoms with Gasteiger partial charge >= 0.3 is 5.97 Å². The van der Waals surface area contributed by atoms with Gasteiger partial charge in [-0.25, -0.2) is 8.78 Å². The van der Waals surface area contributed by atoms with Gasteiger partial charge in [0.15, 0.2) is 0 Å². The van der Waals surface area contributed by atoms with E-state index in [-0.39, 0.29) is 5.56 Å². The van der Waals surface area contributed by atoms with Gasteiger partial charge in [0.25, 0.3) is 12.0 Å². The van der Waals surface area contributed by atoms with E-state index in [1.807, 2.05) is 4.98 Å². The molecule has 0 saturated heterocycles. The first-order chi connectivity index (χ1) is 7.45. The first-order valence-corrected chi connectivity index (χ1v) is 4.25. The zero-order chi connectivity index (χ0) is 12.3. The van der Waals surface area contributed by atoms with Crippen LogP contribution in [0.25, 0.3) is 0 Å². The topological polar surface area (TPSA) is 79.4 Å². The van der Waals surface area contributed by atoms with Crippen molar-refractivity contribution in [2.75, 3.05) is 7.11 Å². The second-order valence-corrected chi connectivity index (χ2v) is 2.97. The van der Waals surface area contributed by atoms with Crippen LogP contribution in [0, 0.1) is 0 Å². The second-order valence-electron chi connectivity index (χ2n) is 2.97. The molecule has 1 heterocycles. The van der Waals surface area contributed by atoms with Crippen LogP contribution < -0.4 is 5.56 Å². The van der Waals surface area contributed by atoms with E-state index in [4.69, 9.17) is 5.11 Å². The number of nitrogens with one attached hydrogen (secondary N) is 1. The Kier molecular flexibility index (Phi) is 3.60. The van der Waals surface area contributed by atoms with E-state index in [1.165, 1.54) is 0 Å². The average Bonchev–Trinajstić information content (AvgIpc) is 2.15. The molecule has 0 aromatic carbocycles. The van der Waals surface area contributed by atoms with Crippen LogP contribution in [-0.4, -0.2) is 23.2 Å². The van der Waals surface area contributed by atoms with Gasteiger partial charge in [-0.2, -0.15) is 0 Å². The zero-order valence-electron chi connectivity index (χ0n) is 8.29. The summed E-state index contributed by atoms with van der Waals surface area (Å²) in [6.45, 7) is 0. The van der Waals surface area contributed by atoms with Gasteiger partial charge in [0.1, 0.15) is 0 Å². The maximum Gasteiger partial charge on any atom is 0.309 e. The number of hydrogen-bond donors (Lipinski definition) is 2. The Hall–Kier alpha value is -1.92. The van der Waals surface area contributed by atoms with Gasteiger partial charge in [0.2, 0.25) is 5.88 Å². The van der Waals surface area contributed by atoms with Crippen molar-refractivity contribution in [1.29, 1.82) is 0 Å². The van der Waals surface area contributed by atoms with Crippen molar-refractivity contribution in [1.82, 2.24) is 4.98 Å². The average molecular weight is 233 g/mol. The standard InChI is InChI=1S/C9H9F2NO4/c1-16-6(14)3-4-2-5(13)12-9(15)7(4)8(10)11/h2,8H,3H2,1H3,(H2,12,13,15). The van der Waals surface area contributed by atoms with Crippen molar-refractivity contribution in [3.8, 4) is 5.88 Å². The summed E-state index contributed by atoms with van der Waals surface area (Å²) in [4.78, 5) is 23.7. The number of H-pyrrole nitrogens is 1. The first-order valence-electron chi connectivity index (χ1n) is 4.25. The van der Waals surface area contributed by atoms with E-state index in [2.05, 4.69) is 4.74 Å². The summed E-state index contributed by atoms with van der Waals surface area (Å²) in [6, 6.07) is 0.831. The lowest BCUT2D eigenvalue weighted by atomic mass is 10.1. The molecule has 1 aromatic rings. The lowest BCUT2D eigenvalue weighted by molar-refractivity contribution is -0.139. The summed E-state index contributed by atoms with van der Waals surface area (Å²) in [5.41, 5.74) is -1.77. The molecular weight excluding hydrogens is 224 g/mol. The Morgan fingerprint density at radius 3 is 2.75 bits per heavy atom. The van der Waals surface area contributed by atoms with Crippen molar-refractivity contribution in [3.63, 3.8) is 0 Å². The van der Waals surface area contributed by atoms with Crippen LogP contribution in [0.2, 0.25) is 0 Å². The maximum absolute atomic E-state index is 12.5. The highest BCUT2D eigenvalue weighted by Gasteiger charge is 2.21. The number of aromatic amines is 1. The molecule has 7 heteroatoms. The molecule has 0 radical (unpaired) electrons. The molecule has 1 rings (SSSR count). The number of aromatic nitrogens is 1. The Labute approximate surface area is 88.7 Å². The molecule has 1 aromatic heterocycles. The predicted molar refractivity (Wildman–Crippen MR) is 49.4 cm³/mol. The van der Waals surface area contributed by atoms with Crippen LogP contribution in [-0.2, 0) is 16.0 Å². The summed E-state index contributed by atoms with van der Waals surface area (Å²) < 4.78 is 29.4. The fourth-order valence-electron chi connectivity index (χ4n) is 1.23. The lowest BCUT2D eigenvalue weighted by Crippen LogP contribution is -2.13. The van der Waals surface area contributed by atoms with Gasteiger partial charge in [-0.05, 0) is 5.56 Å². The van der Waals surface area contributed by atoms with Crippen molar-refractivity contribution in [2.45, 2.75) is 12.8 Å². The summed E-state index contributed by atoms with van der Waals surface area (Å²) in [5, 5.41) is 9.14. The Morgan fingerprint density at radius 2 is 2.25 bits per heavy atom. The van der Waals surface area contributed by atoms with E-state index in [9.17, 15) is 18.4 Å². The highest BCUT2D eigenvalue weighted by Crippen LogP contribution is 2.28. The minimum absolute atomic E-state index is 0.247. The van der Waals surface area contributed by atoms with Crippen molar-refractivity contribution >= 4 is 5.97 Å². The molecule has 0 amide bonds. The number of rotatable bonds is 3. The number of esters is 1. The largest absolute Gasteiger partial charge is 0.494 e. The van der Waals surface area contributed by atoms with Crippen LogP contribution in [0.3, 0.4) is 0 Å². The Morgan fingerprint density at radius 1 is 1.62 bits per heavy atom. The number of ether oxygens (including phenoxy) is 1. The molecule has 88 valence electrons. The molecule has 0 spiro atoms. The van der Waals surface area contributed by atoms with Crippen LogP contribution in [0.15, 0.2) is 10.9 Å². The minimum atomic E-state index is -2.99. The molecule has 0 bridgehead atoms. The SMILES string of the molecule is COC(=O)Cc1cc(=O)[nH]c(O)c1C(F)F. The van der Waals surface area contributed by atoms with Gasteiger partial charge in [-0.3, -0.25) is 14.6 Å². The smallest absolute Gasteiger partial charge is 0.309 e. The Balaban J connectivity index is 3.24. The van der Waals surface area contributed by atoms with Gasteiger partial charge < -0.3 is 9.84 Å². The van der Waals surface area contributed by atoms with E-state index in [0.717, 1.165) is 13.2 Å². The summed E-state index contributed by atoms with van der Waals surface area (Å²) in [5.74, 6) is -1.70. The van der Waals surface area contributed by atoms with E-state index in [0.29, 0.717) is 0 Å². The van der Waals surface area contributed by atoms with Gasteiger partial charge in [0.05, 0.1) is 19.1 Å². The Bertz CT molecular complexity index is 455. The lowest BCUT2D eigenvalue weighted by Gasteiger charge is -2.08. The van der Waals surface area contributed by atoms with Crippen LogP contribution in [0.5, 0.6) is 5.88 Å². The van der Waals surface area contributed by atoms with Crippen LogP contribution >= 0.6 is 0 Å². The quantitative estimate of drug-likeness (QED) is 0.754. The molecule has 0 aliphatic heterocycles. The molecule has 16 heavy (non-hydrogen) atoms. The molecule has 5 nitrogen and oxygen atoms in total. The van der Waals surface area contributed by atoms with E-state index >= 15 is 0 Å². The molecule has 0 saturated carbocycles. The summed E-state index contributed by atoms with van der Waals surface area (Å²) in [7, 11) is 1.09. The fourth-order valence-corrected chi connectivity index (χ4v) is 1.23. The van der Waals surface area contributed by atoms with Crippen molar-refractivity contribution < 1.29 is 23.4 Å². The normalized spacial score (nSPS) is 10.5. The monoisotopic (exact) mass is 233 g/mol. The first kappa shape index (κ1) is 12.2. The molecule has 0 fully saturated rings. The van der Waals surface area contributed by atoms with Gasteiger partial charge in [-0.15, -0.1) is 0 Å². The molecule has 2 N–H and O–H groups in total. The number of carbonyl (C=O) groups excluding carboxylic acids is 1. The predicted octanol–water partition coefficient (Wildman–Crippen LogP) is 0.734. The molecule has 0 aliphatic carbocycles. The molecule has 0 aliphatic rings. The second kappa shape index (κ2) is 4.73. The number of aromatic hydroxyl groups is 1. The summed E-state index contributed by atoms with van der Waals surface area (Å²) in [6.07, 6.45) is -3.48. The number of carbonyl (C=O) groups is 1. The number of halogens is 2. The third-order valence-corrected chi connectivity index (χ3v) is 1.93. The third-order valence-electron chi connectivity index (χ3n) is 1.93. The van der Waals surface area contributed by atoms with Gasteiger partial charge in [0, 0.05) is 6.07 Å². The van der Waals surface area contributed by atoms with E-state index in [1.54, 1.807) is 0 Å².